The molecule has 2 aliphatic carbocycles. The molecule has 0 amide bonds. The summed E-state index contributed by atoms with van der Waals surface area (Å²) in [6.45, 7) is 21.1. The van der Waals surface area contributed by atoms with Gasteiger partial charge in [-0.2, -0.15) is 0 Å². The molecule has 0 radical (unpaired) electrons. The van der Waals surface area contributed by atoms with Gasteiger partial charge < -0.3 is 0 Å². The van der Waals surface area contributed by atoms with Crippen molar-refractivity contribution >= 4 is 35.1 Å². The zero-order valence-corrected chi connectivity index (χ0v) is 32.2. The van der Waals surface area contributed by atoms with Crippen LogP contribution in [0.1, 0.15) is 114 Å². The van der Waals surface area contributed by atoms with Crippen LogP contribution >= 0.6 is 17.0 Å². The Morgan fingerprint density at radius 3 is 1.90 bits per heavy atom. The van der Waals surface area contributed by atoms with Crippen LogP contribution in [-0.2, 0) is 15.6 Å². The van der Waals surface area contributed by atoms with Gasteiger partial charge in [0, 0.05) is 0 Å². The molecule has 0 fully saturated rings. The van der Waals surface area contributed by atoms with E-state index in [1.807, 2.05) is 0 Å². The molecular formula is C38H49Cl2SiZr. The van der Waals surface area contributed by atoms with Crippen molar-refractivity contribution in [3.8, 4) is 11.1 Å². The summed E-state index contributed by atoms with van der Waals surface area (Å²) in [7, 11) is 17.1. The Balaban J connectivity index is 1.73. The van der Waals surface area contributed by atoms with E-state index in [1.165, 1.54) is 55.7 Å². The average Bonchev–Trinajstić information content (AvgIpc) is 3.55. The Morgan fingerprint density at radius 1 is 0.738 bits per heavy atom. The van der Waals surface area contributed by atoms with E-state index in [0.717, 1.165) is 12.8 Å². The third-order valence-corrected chi connectivity index (χ3v) is 62.8. The van der Waals surface area contributed by atoms with Crippen LogP contribution in [0.5, 0.6) is 0 Å². The molecule has 3 aromatic carbocycles. The van der Waals surface area contributed by atoms with Gasteiger partial charge in [0.15, 0.2) is 0 Å². The summed E-state index contributed by atoms with van der Waals surface area (Å²) >= 11 is -4.72. The zero-order chi connectivity index (χ0) is 30.6. The molecule has 223 valence electrons. The molecule has 0 spiro atoms. The molecule has 0 aliphatic heterocycles. The van der Waals surface area contributed by atoms with E-state index in [0.29, 0.717) is 17.8 Å². The second-order valence-electron chi connectivity index (χ2n) is 13.8. The fourth-order valence-corrected chi connectivity index (χ4v) is 39.9. The summed E-state index contributed by atoms with van der Waals surface area (Å²) < 4.78 is 0.283. The molecule has 0 nitrogen and oxygen atoms in total. The number of halogens is 2. The van der Waals surface area contributed by atoms with Gasteiger partial charge in [0.1, 0.15) is 0 Å². The van der Waals surface area contributed by atoms with Crippen molar-refractivity contribution in [1.29, 1.82) is 0 Å². The molecular weight excluding hydrogens is 647 g/mol. The summed E-state index contributed by atoms with van der Waals surface area (Å²) in [5.41, 5.74) is 13.8. The molecule has 0 saturated heterocycles. The summed E-state index contributed by atoms with van der Waals surface area (Å²) in [5, 5.41) is 0. The second kappa shape index (κ2) is 12.0. The van der Waals surface area contributed by atoms with Crippen LogP contribution in [-0.4, -0.2) is 5.92 Å². The van der Waals surface area contributed by atoms with Crippen LogP contribution in [0.2, 0.25) is 13.1 Å². The van der Waals surface area contributed by atoms with Crippen molar-refractivity contribution < 1.29 is 15.6 Å². The quantitative estimate of drug-likeness (QED) is 0.196. The van der Waals surface area contributed by atoms with E-state index < -0.39 is 21.5 Å². The Kier molecular flexibility index (Phi) is 9.18. The van der Waals surface area contributed by atoms with Gasteiger partial charge in [-0.05, 0) is 0 Å². The first-order chi connectivity index (χ1) is 19.8. The SMILES string of the molecule is CCC(C)C1=Cc2c(C(C)CC)cccc2[CH]1[Zr]([Cl])([Cl])([CH]1C(C)=Cc2c(-c3ccc(C(C)C)cc3)cccc21)[SiH](C)C. The first-order valence-electron chi connectivity index (χ1n) is 16.2. The molecule has 4 heteroatoms. The topological polar surface area (TPSA) is 0 Å². The van der Waals surface area contributed by atoms with Gasteiger partial charge >= 0.3 is 266 Å². The number of hydrogen-bond acceptors (Lipinski definition) is 0. The van der Waals surface area contributed by atoms with E-state index in [9.17, 15) is 0 Å². The van der Waals surface area contributed by atoms with Crippen LogP contribution < -0.4 is 0 Å². The molecule has 0 heterocycles. The Morgan fingerprint density at radius 2 is 1.33 bits per heavy atom. The van der Waals surface area contributed by atoms with Crippen molar-refractivity contribution in [3.63, 3.8) is 0 Å². The molecule has 2 aliphatic rings. The van der Waals surface area contributed by atoms with E-state index >= 15 is 0 Å². The fraction of sp³-hybridized carbons (Fsp3) is 0.421. The molecule has 3 aromatic rings. The van der Waals surface area contributed by atoms with Gasteiger partial charge in [-0.25, -0.2) is 0 Å². The van der Waals surface area contributed by atoms with Crippen LogP contribution in [0.25, 0.3) is 23.3 Å². The Labute approximate surface area is 264 Å². The van der Waals surface area contributed by atoms with Gasteiger partial charge in [-0.1, -0.05) is 0 Å². The van der Waals surface area contributed by atoms with E-state index in [2.05, 4.69) is 134 Å². The number of rotatable bonds is 9. The normalized spacial score (nSPS) is 20.5. The van der Waals surface area contributed by atoms with Crippen molar-refractivity contribution in [2.75, 3.05) is 0 Å². The number of allylic oxidation sites excluding steroid dienone is 2. The number of fused-ring (bicyclic) bond motifs is 2. The maximum atomic E-state index is 8.56. The first-order valence-corrected chi connectivity index (χ1v) is 32.5. The summed E-state index contributed by atoms with van der Waals surface area (Å²) in [4.78, 5) is 0. The van der Waals surface area contributed by atoms with Crippen LogP contribution in [0.15, 0.2) is 71.8 Å². The number of benzene rings is 3. The predicted molar refractivity (Wildman–Crippen MR) is 188 cm³/mol. The standard InChI is InChI=1S/C19H19.C17H23.C2H7Si.2ClH.Zr/c1-13(2)15-7-9-16(10-8-15)18-6-4-5-17-11-14(3)12-19(17)18;1-5-12(3)15-10-14-8-7-9-16(13(4)6-2)17(14)11-15;1-3-2;;;/h4-13H,1-3H3;7-13H,5-6H2,1-4H3;3H,1-2H3;2*1H;/q;;;;;+2/p-2. The van der Waals surface area contributed by atoms with E-state index in [1.54, 1.807) is 0 Å². The van der Waals surface area contributed by atoms with Gasteiger partial charge in [-0.3, -0.25) is 0 Å². The molecule has 0 N–H and O–H groups in total. The molecule has 4 unspecified atom stereocenters. The van der Waals surface area contributed by atoms with Crippen LogP contribution in [0.4, 0.5) is 0 Å². The number of hydrogen-bond donors (Lipinski definition) is 0. The van der Waals surface area contributed by atoms with Crippen molar-refractivity contribution in [1.82, 2.24) is 0 Å². The summed E-state index contributed by atoms with van der Waals surface area (Å²) in [6, 6.07) is 23.0. The minimum absolute atomic E-state index is 0.127. The Hall–Kier alpha value is -1.18. The third kappa shape index (κ3) is 5.05. The summed E-state index contributed by atoms with van der Waals surface area (Å²) in [6.07, 6.45) is 7.19. The van der Waals surface area contributed by atoms with Crippen LogP contribution in [0, 0.1) is 5.92 Å². The molecule has 42 heavy (non-hydrogen) atoms. The third-order valence-electron chi connectivity index (χ3n) is 10.8. The van der Waals surface area contributed by atoms with Crippen molar-refractivity contribution in [3.05, 3.63) is 105 Å². The molecule has 0 bridgehead atoms. The zero-order valence-electron chi connectivity index (χ0n) is 27.1. The van der Waals surface area contributed by atoms with Gasteiger partial charge in [-0.15, -0.1) is 0 Å². The van der Waals surface area contributed by atoms with Gasteiger partial charge in [0.2, 0.25) is 0 Å². The van der Waals surface area contributed by atoms with Crippen LogP contribution in [0.3, 0.4) is 0 Å². The molecule has 0 saturated carbocycles. The van der Waals surface area contributed by atoms with E-state index in [-0.39, 0.29) is 7.25 Å². The minimum atomic E-state index is -4.72. The maximum absolute atomic E-state index is 8.56. The molecule has 0 aromatic heterocycles. The first kappa shape index (κ1) is 32.2. The van der Waals surface area contributed by atoms with Gasteiger partial charge in [0.25, 0.3) is 0 Å². The van der Waals surface area contributed by atoms with Crippen molar-refractivity contribution in [2.45, 2.75) is 93.5 Å². The average molecular weight is 696 g/mol. The Bertz CT molecular complexity index is 1550. The molecule has 4 atom stereocenters. The monoisotopic (exact) mass is 693 g/mol. The predicted octanol–water partition coefficient (Wildman–Crippen LogP) is 12.6. The van der Waals surface area contributed by atoms with Gasteiger partial charge in [0.05, 0.1) is 0 Å². The van der Waals surface area contributed by atoms with E-state index in [4.69, 9.17) is 17.0 Å². The fourth-order valence-electron chi connectivity index (χ4n) is 7.79. The molecule has 5 rings (SSSR count). The second-order valence-corrected chi connectivity index (χ2v) is 56.3. The van der Waals surface area contributed by atoms with Crippen molar-refractivity contribution in [2.24, 2.45) is 5.92 Å². The summed E-state index contributed by atoms with van der Waals surface area (Å²) in [5.74, 6) is -0.0897.